The third-order valence-corrected chi connectivity index (χ3v) is 3.20. The van der Waals surface area contributed by atoms with E-state index in [2.05, 4.69) is 18.4 Å². The second-order valence-corrected chi connectivity index (χ2v) is 5.64. The van der Waals surface area contributed by atoms with Gasteiger partial charge in [0.2, 0.25) is 5.91 Å². The summed E-state index contributed by atoms with van der Waals surface area (Å²) in [5.41, 5.74) is 1.03. The number of nitrogens with one attached hydrogen (secondary N) is 3. The second-order valence-electron chi connectivity index (χ2n) is 4.89. The summed E-state index contributed by atoms with van der Waals surface area (Å²) in [6.45, 7) is 1.74. The first-order valence-electron chi connectivity index (χ1n) is 8.04. The van der Waals surface area contributed by atoms with Crippen LogP contribution >= 0.6 is 0 Å². The number of amides is 3. The number of hydrogen-bond acceptors (Lipinski definition) is 8. The van der Waals surface area contributed by atoms with Crippen molar-refractivity contribution in [1.82, 2.24) is 16.2 Å². The van der Waals surface area contributed by atoms with E-state index in [9.17, 15) is 28.5 Å². The fraction of sp³-hybridized carbons (Fsp3) is 0.643. The molecule has 0 spiro atoms. The molecule has 0 fully saturated rings. The maximum absolute atomic E-state index is 11.7. The molecule has 14 heteroatoms. The minimum atomic E-state index is -1.13. The van der Waals surface area contributed by atoms with E-state index in [4.69, 9.17) is 9.84 Å². The molecule has 0 aliphatic heterocycles. The van der Waals surface area contributed by atoms with E-state index >= 15 is 0 Å². The van der Waals surface area contributed by atoms with Crippen molar-refractivity contribution in [2.75, 3.05) is 19.8 Å². The zero-order valence-electron chi connectivity index (χ0n) is 15.3. The number of carbonyl (C=O) groups excluding carboxylic acids is 4. The van der Waals surface area contributed by atoms with Crippen molar-refractivity contribution in [3.8, 4) is 0 Å². The molecule has 0 saturated heterocycles. The zero-order valence-corrected chi connectivity index (χ0v) is 19.8. The molecule has 0 rings (SSSR count). The molecule has 0 aliphatic rings. The molecule has 158 valence electrons. The van der Waals surface area contributed by atoms with Crippen LogP contribution < -0.4 is 16.2 Å². The summed E-state index contributed by atoms with van der Waals surface area (Å²) in [5, 5.41) is 13.0. The summed E-state index contributed by atoms with van der Waals surface area (Å²) in [6, 6.07) is -1.06. The Hall–Kier alpha value is -1.88. The Morgan fingerprint density at radius 3 is 2.36 bits per heavy atom. The van der Waals surface area contributed by atoms with E-state index in [0.29, 0.717) is 12.8 Å². The van der Waals surface area contributed by atoms with Crippen molar-refractivity contribution in [1.29, 1.82) is 0 Å². The van der Waals surface area contributed by atoms with Gasteiger partial charge in [0, 0.05) is 6.42 Å². The Morgan fingerprint density at radius 1 is 1.21 bits per heavy atom. The van der Waals surface area contributed by atoms with Crippen LogP contribution in [0.25, 0.3) is 0 Å². The van der Waals surface area contributed by atoms with Crippen molar-refractivity contribution >= 4 is 56.4 Å². The van der Waals surface area contributed by atoms with Gasteiger partial charge in [-0.2, -0.15) is 5.54 Å². The summed E-state index contributed by atoms with van der Waals surface area (Å²) in [7, 11) is 0. The van der Waals surface area contributed by atoms with Crippen LogP contribution in [0, 0.1) is 0 Å². The van der Waals surface area contributed by atoms with Crippen molar-refractivity contribution < 1.29 is 46.0 Å². The van der Waals surface area contributed by atoms with Crippen molar-refractivity contribution in [2.45, 2.75) is 38.6 Å². The summed E-state index contributed by atoms with van der Waals surface area (Å²) < 4.78 is 20.2. The van der Waals surface area contributed by atoms with Gasteiger partial charge in [-0.25, -0.2) is 0 Å². The Kier molecular flexibility index (Phi) is 20.1. The number of aliphatic carboxylic acids is 1. The molecule has 12 nitrogen and oxygen atoms in total. The van der Waals surface area contributed by atoms with Crippen molar-refractivity contribution in [3.05, 3.63) is 0 Å². The fourth-order valence-electron chi connectivity index (χ4n) is 1.40. The van der Waals surface area contributed by atoms with Crippen LogP contribution in [0.1, 0.15) is 32.6 Å². The number of carboxylic acids is 1. The number of ether oxygens (including phenoxy) is 1. The molecule has 28 heavy (non-hydrogen) atoms. The molecule has 0 bridgehead atoms. The SMILES string of the molecule is CCCC(=O)NF.O=CN[C@@H](COC(=O)CCC(=O)O)C(=O)NCCO[O][Tl]. The predicted molar refractivity (Wildman–Crippen MR) is 90.8 cm³/mol. The van der Waals surface area contributed by atoms with Gasteiger partial charge in [-0.15, -0.1) is 4.48 Å². The predicted octanol–water partition coefficient (Wildman–Crippen LogP) is -1.56. The molecule has 0 saturated carbocycles. The van der Waals surface area contributed by atoms with Crippen molar-refractivity contribution in [3.63, 3.8) is 0 Å². The van der Waals surface area contributed by atoms with Crippen LogP contribution in [0.2, 0.25) is 0 Å². The van der Waals surface area contributed by atoms with Gasteiger partial charge < -0.3 is 5.11 Å². The Balaban J connectivity index is 0. The number of rotatable bonds is 14. The first kappa shape index (κ1) is 28.3. The summed E-state index contributed by atoms with van der Waals surface area (Å²) in [4.78, 5) is 58.1. The quantitative estimate of drug-likeness (QED) is 0.0351. The number of hydrogen-bond donors (Lipinski definition) is 4. The summed E-state index contributed by atoms with van der Waals surface area (Å²) >= 11 is 0.223. The van der Waals surface area contributed by atoms with E-state index in [1.54, 1.807) is 0 Å². The molecular formula is C14H23FN3O9Tl. The van der Waals surface area contributed by atoms with Gasteiger partial charge in [-0.05, 0) is 6.42 Å². The van der Waals surface area contributed by atoms with Gasteiger partial charge in [0.25, 0.3) is 0 Å². The molecule has 1 atom stereocenters. The Morgan fingerprint density at radius 2 is 1.89 bits per heavy atom. The molecule has 0 aromatic heterocycles. The topological polar surface area (TPSA) is 169 Å². The zero-order chi connectivity index (χ0) is 21.8. The van der Waals surface area contributed by atoms with E-state index in [1.165, 1.54) is 0 Å². The van der Waals surface area contributed by atoms with Crippen LogP contribution in [-0.2, 0) is 36.4 Å². The van der Waals surface area contributed by atoms with Gasteiger partial charge in [-0.3, -0.25) is 9.59 Å². The molecule has 3 amide bonds. The molecule has 0 aromatic carbocycles. The molecular weight excluding hydrogens is 578 g/mol. The fourth-order valence-corrected chi connectivity index (χ4v) is 1.77. The van der Waals surface area contributed by atoms with Gasteiger partial charge >= 0.3 is 127 Å². The van der Waals surface area contributed by atoms with Gasteiger partial charge in [-0.1, -0.05) is 6.92 Å². The third-order valence-electron chi connectivity index (χ3n) is 2.67. The monoisotopic (exact) mass is 601 g/mol. The number of halogens is 1. The Labute approximate surface area is 177 Å². The molecule has 0 aromatic rings. The first-order chi connectivity index (χ1) is 13.3. The molecule has 0 heterocycles. The number of esters is 1. The maximum atomic E-state index is 11.7. The van der Waals surface area contributed by atoms with E-state index in [-0.39, 0.29) is 65.2 Å². The first-order valence-corrected chi connectivity index (χ1v) is 9.88. The van der Waals surface area contributed by atoms with Crippen LogP contribution in [-0.4, -0.2) is 87.3 Å². The van der Waals surface area contributed by atoms with Crippen LogP contribution in [0.5, 0.6) is 0 Å². The summed E-state index contributed by atoms with van der Waals surface area (Å²) in [6.07, 6.45) is 0.589. The van der Waals surface area contributed by atoms with Crippen LogP contribution in [0.15, 0.2) is 0 Å². The minimum absolute atomic E-state index is 0.147. The summed E-state index contributed by atoms with van der Waals surface area (Å²) in [5.74, 6) is -3.00. The van der Waals surface area contributed by atoms with Gasteiger partial charge in [0.15, 0.2) is 0 Å². The van der Waals surface area contributed by atoms with Gasteiger partial charge in [0.1, 0.15) is 0 Å². The number of carbonyl (C=O) groups is 5. The standard InChI is InChI=1S/C10H16N2O8.C4H8FNO.Tl/c13-6-12-7(10(17)11-3-4-20-18)5-19-9(16)2-1-8(14)15;1-2-3-4(7)6-5;/h6-7,18H,1-5H2,(H,11,17)(H,12,13)(H,14,15);2-3H2,1H3,(H,6,7);/q;;+1/p-1/t7-;;/m0../s1. The number of carboxylic acid groups (broad SMARTS) is 1. The van der Waals surface area contributed by atoms with E-state index in [0.717, 1.165) is 5.54 Å². The normalized spacial score (nSPS) is 10.5. The van der Waals surface area contributed by atoms with E-state index < -0.39 is 29.8 Å². The van der Waals surface area contributed by atoms with Crippen molar-refractivity contribution in [2.24, 2.45) is 0 Å². The average Bonchev–Trinajstić information content (AvgIpc) is 2.67. The second kappa shape index (κ2) is 19.9. The van der Waals surface area contributed by atoms with Crippen LogP contribution in [0.3, 0.4) is 0 Å². The van der Waals surface area contributed by atoms with Crippen LogP contribution in [0.4, 0.5) is 4.48 Å². The van der Waals surface area contributed by atoms with E-state index in [1.807, 2.05) is 6.92 Å². The average molecular weight is 601 g/mol. The molecule has 0 radical (unpaired) electrons. The third kappa shape index (κ3) is 18.9. The Bertz CT molecular complexity index is 497. The molecule has 0 unspecified atom stereocenters. The molecule has 4 N–H and O–H groups in total. The van der Waals surface area contributed by atoms with Gasteiger partial charge in [0.05, 0.1) is 0 Å². The molecule has 0 aliphatic carbocycles.